The van der Waals surface area contributed by atoms with Crippen LogP contribution in [0.2, 0.25) is 0 Å². The summed E-state index contributed by atoms with van der Waals surface area (Å²) in [5, 5.41) is 8.78. The van der Waals surface area contributed by atoms with Gasteiger partial charge in [-0.25, -0.2) is 4.79 Å². The Bertz CT molecular complexity index is 630. The first-order chi connectivity index (χ1) is 10.2. The zero-order valence-corrected chi connectivity index (χ0v) is 12.0. The highest BCUT2D eigenvalue weighted by Gasteiger charge is 2.07. The molecule has 2 rings (SSSR count). The SMILES string of the molecule is COc1cccc(C=CC(=O)O)c1CCc1ccccc1. The lowest BCUT2D eigenvalue weighted by Gasteiger charge is -2.12. The third-order valence-electron chi connectivity index (χ3n) is 3.30. The van der Waals surface area contributed by atoms with Crippen LogP contribution in [0, 0.1) is 0 Å². The van der Waals surface area contributed by atoms with Crippen molar-refractivity contribution in [3.05, 3.63) is 71.3 Å². The summed E-state index contributed by atoms with van der Waals surface area (Å²) in [6, 6.07) is 15.9. The van der Waals surface area contributed by atoms with Crippen molar-refractivity contribution in [2.24, 2.45) is 0 Å². The predicted molar refractivity (Wildman–Crippen MR) is 83.5 cm³/mol. The molecule has 0 saturated heterocycles. The Morgan fingerprint density at radius 3 is 2.52 bits per heavy atom. The van der Waals surface area contributed by atoms with Crippen LogP contribution in [0.3, 0.4) is 0 Å². The molecule has 0 amide bonds. The number of carbonyl (C=O) groups is 1. The minimum absolute atomic E-state index is 0.790. The second-order valence-electron chi connectivity index (χ2n) is 4.69. The largest absolute Gasteiger partial charge is 0.496 e. The van der Waals surface area contributed by atoms with Crippen molar-refractivity contribution < 1.29 is 14.6 Å². The minimum atomic E-state index is -0.952. The molecule has 0 atom stereocenters. The van der Waals surface area contributed by atoms with Gasteiger partial charge in [-0.1, -0.05) is 42.5 Å². The summed E-state index contributed by atoms with van der Waals surface area (Å²) in [6.45, 7) is 0. The van der Waals surface area contributed by atoms with E-state index in [-0.39, 0.29) is 0 Å². The van der Waals surface area contributed by atoms with Gasteiger partial charge in [0.15, 0.2) is 0 Å². The molecular formula is C18H18O3. The molecule has 108 valence electrons. The smallest absolute Gasteiger partial charge is 0.328 e. The van der Waals surface area contributed by atoms with E-state index in [0.717, 1.165) is 35.8 Å². The lowest BCUT2D eigenvalue weighted by atomic mass is 9.98. The van der Waals surface area contributed by atoms with Crippen LogP contribution in [-0.4, -0.2) is 18.2 Å². The van der Waals surface area contributed by atoms with Crippen molar-refractivity contribution in [1.29, 1.82) is 0 Å². The molecule has 0 radical (unpaired) electrons. The number of hydrogen-bond acceptors (Lipinski definition) is 2. The molecule has 0 heterocycles. The third-order valence-corrected chi connectivity index (χ3v) is 3.30. The summed E-state index contributed by atoms with van der Waals surface area (Å²) in [7, 11) is 1.63. The van der Waals surface area contributed by atoms with E-state index in [1.54, 1.807) is 13.2 Å². The molecular weight excluding hydrogens is 264 g/mol. The number of carboxylic acid groups (broad SMARTS) is 1. The van der Waals surface area contributed by atoms with Gasteiger partial charge in [0.05, 0.1) is 7.11 Å². The maximum Gasteiger partial charge on any atom is 0.328 e. The first-order valence-electron chi connectivity index (χ1n) is 6.81. The summed E-state index contributed by atoms with van der Waals surface area (Å²) in [4.78, 5) is 10.7. The van der Waals surface area contributed by atoms with Crippen LogP contribution >= 0.6 is 0 Å². The number of aliphatic carboxylic acids is 1. The maximum absolute atomic E-state index is 10.7. The van der Waals surface area contributed by atoms with Crippen LogP contribution in [0.4, 0.5) is 0 Å². The number of ether oxygens (including phenoxy) is 1. The fourth-order valence-electron chi connectivity index (χ4n) is 2.27. The Morgan fingerprint density at radius 1 is 1.10 bits per heavy atom. The average Bonchev–Trinajstić information content (AvgIpc) is 2.52. The van der Waals surface area contributed by atoms with E-state index in [0.29, 0.717) is 0 Å². The van der Waals surface area contributed by atoms with Gasteiger partial charge in [0.25, 0.3) is 0 Å². The molecule has 3 nitrogen and oxygen atoms in total. The van der Waals surface area contributed by atoms with E-state index in [9.17, 15) is 4.79 Å². The molecule has 0 aromatic heterocycles. The van der Waals surface area contributed by atoms with E-state index in [1.807, 2.05) is 36.4 Å². The molecule has 2 aromatic rings. The van der Waals surface area contributed by atoms with Crippen LogP contribution in [0.1, 0.15) is 16.7 Å². The van der Waals surface area contributed by atoms with Crippen molar-refractivity contribution in [2.75, 3.05) is 7.11 Å². The fraction of sp³-hybridized carbons (Fsp3) is 0.167. The number of aryl methyl sites for hydroxylation is 1. The molecule has 0 aliphatic carbocycles. The van der Waals surface area contributed by atoms with E-state index in [2.05, 4.69) is 12.1 Å². The van der Waals surface area contributed by atoms with Gasteiger partial charge >= 0.3 is 5.97 Å². The molecule has 1 N–H and O–H groups in total. The van der Waals surface area contributed by atoms with Crippen molar-refractivity contribution in [3.8, 4) is 5.75 Å². The highest BCUT2D eigenvalue weighted by molar-refractivity contribution is 5.85. The number of benzene rings is 2. The van der Waals surface area contributed by atoms with Crippen LogP contribution in [0.5, 0.6) is 5.75 Å². The predicted octanol–water partition coefficient (Wildman–Crippen LogP) is 3.58. The molecule has 0 spiro atoms. The molecule has 2 aromatic carbocycles. The van der Waals surface area contributed by atoms with E-state index < -0.39 is 5.97 Å². The van der Waals surface area contributed by atoms with Crippen molar-refractivity contribution >= 4 is 12.0 Å². The fourth-order valence-corrected chi connectivity index (χ4v) is 2.27. The van der Waals surface area contributed by atoms with E-state index >= 15 is 0 Å². The highest BCUT2D eigenvalue weighted by Crippen LogP contribution is 2.25. The molecule has 0 bridgehead atoms. The van der Waals surface area contributed by atoms with E-state index in [1.165, 1.54) is 5.56 Å². The van der Waals surface area contributed by atoms with Gasteiger partial charge in [-0.2, -0.15) is 0 Å². The van der Waals surface area contributed by atoms with Gasteiger partial charge in [-0.3, -0.25) is 0 Å². The number of hydrogen-bond donors (Lipinski definition) is 1. The van der Waals surface area contributed by atoms with Gasteiger partial charge < -0.3 is 9.84 Å². The Balaban J connectivity index is 2.25. The van der Waals surface area contributed by atoms with Crippen LogP contribution < -0.4 is 4.74 Å². The normalized spacial score (nSPS) is 10.7. The maximum atomic E-state index is 10.7. The summed E-state index contributed by atoms with van der Waals surface area (Å²) >= 11 is 0. The standard InChI is InChI=1S/C18H18O3/c1-21-17-9-5-8-15(11-13-18(19)20)16(17)12-10-14-6-3-2-4-7-14/h2-9,11,13H,10,12H2,1H3,(H,19,20). The van der Waals surface area contributed by atoms with E-state index in [4.69, 9.17) is 9.84 Å². The van der Waals surface area contributed by atoms with Crippen molar-refractivity contribution in [2.45, 2.75) is 12.8 Å². The monoisotopic (exact) mass is 282 g/mol. The Hall–Kier alpha value is -2.55. The molecule has 0 aliphatic rings. The topological polar surface area (TPSA) is 46.5 Å². The second-order valence-corrected chi connectivity index (χ2v) is 4.69. The van der Waals surface area contributed by atoms with Crippen molar-refractivity contribution in [3.63, 3.8) is 0 Å². The van der Waals surface area contributed by atoms with Crippen LogP contribution in [-0.2, 0) is 17.6 Å². The quantitative estimate of drug-likeness (QED) is 0.824. The highest BCUT2D eigenvalue weighted by atomic mass is 16.5. The Kier molecular flexibility index (Phi) is 5.16. The number of rotatable bonds is 6. The third kappa shape index (κ3) is 4.21. The average molecular weight is 282 g/mol. The number of methoxy groups -OCH3 is 1. The second kappa shape index (κ2) is 7.29. The molecule has 21 heavy (non-hydrogen) atoms. The minimum Gasteiger partial charge on any atom is -0.496 e. The summed E-state index contributed by atoms with van der Waals surface area (Å²) in [5.41, 5.74) is 3.16. The Labute approximate surface area is 124 Å². The zero-order valence-electron chi connectivity index (χ0n) is 12.0. The summed E-state index contributed by atoms with van der Waals surface area (Å²) in [5.74, 6) is -0.162. The lowest BCUT2D eigenvalue weighted by molar-refractivity contribution is -0.131. The molecule has 0 saturated carbocycles. The van der Waals surface area contributed by atoms with Gasteiger partial charge in [-0.15, -0.1) is 0 Å². The van der Waals surface area contributed by atoms with Crippen LogP contribution in [0.15, 0.2) is 54.6 Å². The van der Waals surface area contributed by atoms with Gasteiger partial charge in [0.1, 0.15) is 5.75 Å². The zero-order chi connectivity index (χ0) is 15.1. The van der Waals surface area contributed by atoms with Gasteiger partial charge in [0, 0.05) is 11.6 Å². The van der Waals surface area contributed by atoms with Crippen molar-refractivity contribution in [1.82, 2.24) is 0 Å². The molecule has 0 fully saturated rings. The molecule has 0 aliphatic heterocycles. The first-order valence-corrected chi connectivity index (χ1v) is 6.81. The van der Waals surface area contributed by atoms with Gasteiger partial charge in [-0.05, 0) is 36.1 Å². The molecule has 0 unspecified atom stereocenters. The molecule has 3 heteroatoms. The Morgan fingerprint density at radius 2 is 1.86 bits per heavy atom. The summed E-state index contributed by atoms with van der Waals surface area (Å²) in [6.07, 6.45) is 4.45. The number of carboxylic acids is 1. The van der Waals surface area contributed by atoms with Gasteiger partial charge in [0.2, 0.25) is 0 Å². The lowest BCUT2D eigenvalue weighted by Crippen LogP contribution is -1.99. The van der Waals surface area contributed by atoms with Crippen LogP contribution in [0.25, 0.3) is 6.08 Å². The first kappa shape index (κ1) is 14.9. The summed E-state index contributed by atoms with van der Waals surface area (Å²) < 4.78 is 5.40.